The molecule has 1 aromatic carbocycles. The van der Waals surface area contributed by atoms with Crippen LogP contribution in [-0.2, 0) is 13.0 Å². The molecule has 0 saturated heterocycles. The zero-order chi connectivity index (χ0) is 14.9. The molecule has 0 bridgehead atoms. The van der Waals surface area contributed by atoms with Gasteiger partial charge in [0.15, 0.2) is 0 Å². The molecule has 2 aromatic rings. The van der Waals surface area contributed by atoms with Crippen molar-refractivity contribution in [2.75, 3.05) is 18.0 Å². The molecule has 0 amide bonds. The van der Waals surface area contributed by atoms with Crippen molar-refractivity contribution in [3.63, 3.8) is 0 Å². The lowest BCUT2D eigenvalue weighted by molar-refractivity contribution is 0.302. The quantitative estimate of drug-likeness (QED) is 0.757. The van der Waals surface area contributed by atoms with E-state index in [1.807, 2.05) is 12.1 Å². The number of fused-ring (bicyclic) bond motifs is 2. The molecule has 0 radical (unpaired) electrons. The smallest absolute Gasteiger partial charge is 0.136 e. The van der Waals surface area contributed by atoms with Gasteiger partial charge in [0.05, 0.1) is 5.69 Å². The van der Waals surface area contributed by atoms with E-state index in [0.29, 0.717) is 6.61 Å². The van der Waals surface area contributed by atoms with Gasteiger partial charge in [-0.2, -0.15) is 0 Å². The lowest BCUT2D eigenvalue weighted by atomic mass is 10.0. The summed E-state index contributed by atoms with van der Waals surface area (Å²) in [4.78, 5) is 11.4. The molecule has 112 valence electrons. The van der Waals surface area contributed by atoms with Crippen LogP contribution in [0.3, 0.4) is 0 Å². The minimum Gasteiger partial charge on any atom is -0.487 e. The summed E-state index contributed by atoms with van der Waals surface area (Å²) >= 11 is 0. The Hall–Kier alpha value is -2.36. The number of rotatable bonds is 1. The predicted molar refractivity (Wildman–Crippen MR) is 86.2 cm³/mol. The number of benzene rings is 1. The molecule has 4 rings (SSSR count). The molecule has 2 aliphatic rings. The average molecular weight is 293 g/mol. The summed E-state index contributed by atoms with van der Waals surface area (Å²) in [6.45, 7) is 4.67. The monoisotopic (exact) mass is 293 g/mol. The zero-order valence-corrected chi connectivity index (χ0v) is 12.7. The van der Waals surface area contributed by atoms with Crippen molar-refractivity contribution in [3.8, 4) is 5.75 Å². The fourth-order valence-corrected chi connectivity index (χ4v) is 3.11. The Morgan fingerprint density at radius 3 is 2.95 bits per heavy atom. The first-order valence-electron chi connectivity index (χ1n) is 7.75. The van der Waals surface area contributed by atoms with Crippen molar-refractivity contribution in [1.29, 1.82) is 0 Å². The normalized spacial score (nSPS) is 17.0. The van der Waals surface area contributed by atoms with E-state index < -0.39 is 0 Å². The van der Waals surface area contributed by atoms with Gasteiger partial charge in [-0.05, 0) is 25.0 Å². The second-order valence-corrected chi connectivity index (χ2v) is 5.94. The Bertz CT molecular complexity index is 739. The molecule has 0 unspecified atom stereocenters. The molecule has 0 spiro atoms. The van der Waals surface area contributed by atoms with E-state index >= 15 is 0 Å². The molecular weight excluding hydrogens is 274 g/mol. The minimum atomic E-state index is 0.518. The second-order valence-electron chi connectivity index (χ2n) is 5.94. The fraction of sp³-hybridized carbons (Fsp3) is 0.333. The Kier molecular flexibility index (Phi) is 3.29. The highest BCUT2D eigenvalue weighted by Gasteiger charge is 2.22. The lowest BCUT2D eigenvalue weighted by Gasteiger charge is -2.28. The fourth-order valence-electron chi connectivity index (χ4n) is 3.11. The third kappa shape index (κ3) is 2.34. The Morgan fingerprint density at radius 2 is 2.09 bits per heavy atom. The number of hydrogen-bond acceptors (Lipinski definition) is 4. The molecule has 0 aliphatic carbocycles. The SMILES string of the molecule is CC1=CCN(c2ncnc3c2Cc2ccccc2OC3)CC1. The number of ether oxygens (including phenoxy) is 1. The summed E-state index contributed by atoms with van der Waals surface area (Å²) in [6, 6.07) is 8.23. The molecule has 4 nitrogen and oxygen atoms in total. The molecule has 0 saturated carbocycles. The highest BCUT2D eigenvalue weighted by atomic mass is 16.5. The number of hydrogen-bond donors (Lipinski definition) is 0. The Balaban J connectivity index is 1.75. The Labute approximate surface area is 130 Å². The van der Waals surface area contributed by atoms with Crippen LogP contribution in [0.4, 0.5) is 5.82 Å². The summed E-state index contributed by atoms with van der Waals surface area (Å²) in [5, 5.41) is 0. The lowest BCUT2D eigenvalue weighted by Crippen LogP contribution is -2.30. The van der Waals surface area contributed by atoms with Crippen LogP contribution in [0.15, 0.2) is 42.2 Å². The third-order valence-electron chi connectivity index (χ3n) is 4.45. The molecule has 2 aliphatic heterocycles. The van der Waals surface area contributed by atoms with E-state index in [1.54, 1.807) is 6.33 Å². The predicted octanol–water partition coefficient (Wildman–Crippen LogP) is 3.12. The van der Waals surface area contributed by atoms with Gasteiger partial charge in [0.25, 0.3) is 0 Å². The van der Waals surface area contributed by atoms with Crippen molar-refractivity contribution < 1.29 is 4.74 Å². The van der Waals surface area contributed by atoms with E-state index in [1.165, 1.54) is 16.7 Å². The summed E-state index contributed by atoms with van der Waals surface area (Å²) in [6.07, 6.45) is 5.89. The number of aromatic nitrogens is 2. The van der Waals surface area contributed by atoms with Crippen molar-refractivity contribution in [3.05, 3.63) is 59.1 Å². The first-order valence-corrected chi connectivity index (χ1v) is 7.75. The largest absolute Gasteiger partial charge is 0.487 e. The van der Waals surface area contributed by atoms with Crippen molar-refractivity contribution in [2.24, 2.45) is 0 Å². The van der Waals surface area contributed by atoms with Crippen molar-refractivity contribution in [2.45, 2.75) is 26.4 Å². The van der Waals surface area contributed by atoms with Gasteiger partial charge >= 0.3 is 0 Å². The van der Waals surface area contributed by atoms with Gasteiger partial charge in [-0.3, -0.25) is 0 Å². The van der Waals surface area contributed by atoms with E-state index in [9.17, 15) is 0 Å². The molecule has 22 heavy (non-hydrogen) atoms. The van der Waals surface area contributed by atoms with Crippen LogP contribution >= 0.6 is 0 Å². The first kappa shape index (κ1) is 13.3. The maximum absolute atomic E-state index is 5.91. The maximum Gasteiger partial charge on any atom is 0.136 e. The summed E-state index contributed by atoms with van der Waals surface area (Å²) < 4.78 is 5.91. The minimum absolute atomic E-state index is 0.518. The van der Waals surface area contributed by atoms with Crippen LogP contribution in [0.1, 0.15) is 30.2 Å². The summed E-state index contributed by atoms with van der Waals surface area (Å²) in [7, 11) is 0. The van der Waals surface area contributed by atoms with Gasteiger partial charge < -0.3 is 9.64 Å². The highest BCUT2D eigenvalue weighted by molar-refractivity contribution is 5.54. The molecule has 4 heteroatoms. The maximum atomic E-state index is 5.91. The molecular formula is C18H19N3O. The molecule has 3 heterocycles. The van der Waals surface area contributed by atoms with Crippen LogP contribution in [-0.4, -0.2) is 23.1 Å². The van der Waals surface area contributed by atoms with Crippen LogP contribution in [0.2, 0.25) is 0 Å². The van der Waals surface area contributed by atoms with Gasteiger partial charge in [0.2, 0.25) is 0 Å². The van der Waals surface area contributed by atoms with Gasteiger partial charge in [0, 0.05) is 25.1 Å². The summed E-state index contributed by atoms with van der Waals surface area (Å²) in [5.74, 6) is 2.02. The van der Waals surface area contributed by atoms with Crippen molar-refractivity contribution in [1.82, 2.24) is 9.97 Å². The van der Waals surface area contributed by atoms with Gasteiger partial charge in [0.1, 0.15) is 24.5 Å². The third-order valence-corrected chi connectivity index (χ3v) is 4.45. The zero-order valence-electron chi connectivity index (χ0n) is 12.7. The highest BCUT2D eigenvalue weighted by Crippen LogP contribution is 2.32. The summed E-state index contributed by atoms with van der Waals surface area (Å²) in [5.41, 5.74) is 4.89. The van der Waals surface area contributed by atoms with Crippen LogP contribution in [0.5, 0.6) is 5.75 Å². The van der Waals surface area contributed by atoms with E-state index in [0.717, 1.165) is 43.2 Å². The molecule has 1 aromatic heterocycles. The first-order chi connectivity index (χ1) is 10.8. The average Bonchev–Trinajstić information content (AvgIpc) is 2.75. The second kappa shape index (κ2) is 5.44. The number of para-hydroxylation sites is 1. The number of anilines is 1. The van der Waals surface area contributed by atoms with E-state index in [-0.39, 0.29) is 0 Å². The molecule has 0 N–H and O–H groups in total. The van der Waals surface area contributed by atoms with Gasteiger partial charge in [-0.15, -0.1) is 0 Å². The standard InChI is InChI=1S/C18H19N3O/c1-13-6-8-21(9-7-13)18-15-10-14-4-2-3-5-17(14)22-11-16(15)19-12-20-18/h2-6,12H,7-11H2,1H3. The van der Waals surface area contributed by atoms with Crippen LogP contribution in [0.25, 0.3) is 0 Å². The van der Waals surface area contributed by atoms with Crippen LogP contribution < -0.4 is 9.64 Å². The topological polar surface area (TPSA) is 38.2 Å². The van der Waals surface area contributed by atoms with Gasteiger partial charge in [-0.25, -0.2) is 9.97 Å². The van der Waals surface area contributed by atoms with E-state index in [2.05, 4.69) is 40.0 Å². The Morgan fingerprint density at radius 1 is 1.18 bits per heavy atom. The van der Waals surface area contributed by atoms with Gasteiger partial charge in [-0.1, -0.05) is 29.8 Å². The molecule has 0 fully saturated rings. The molecule has 0 atom stereocenters. The van der Waals surface area contributed by atoms with E-state index in [4.69, 9.17) is 4.74 Å². The van der Waals surface area contributed by atoms with Crippen LogP contribution in [0, 0.1) is 0 Å². The van der Waals surface area contributed by atoms with Crippen molar-refractivity contribution >= 4 is 5.82 Å². The number of nitrogens with zero attached hydrogens (tertiary/aromatic N) is 3.